The van der Waals surface area contributed by atoms with Gasteiger partial charge in [-0.1, -0.05) is 12.5 Å². The van der Waals surface area contributed by atoms with Crippen LogP contribution in [0.15, 0.2) is 24.4 Å². The number of fused-ring (bicyclic) bond motifs is 1. The van der Waals surface area contributed by atoms with E-state index in [1.54, 1.807) is 6.20 Å². The molecule has 6 heteroatoms. The molecule has 2 atom stereocenters. The predicted octanol–water partition coefficient (Wildman–Crippen LogP) is 3.99. The zero-order chi connectivity index (χ0) is 19.0. The van der Waals surface area contributed by atoms with Crippen LogP contribution in [-0.2, 0) is 0 Å². The number of likely N-dealkylation sites (N-methyl/N-ethyl adjacent to an activating group) is 1. The Hall–Kier alpha value is -1.79. The second-order valence-electron chi connectivity index (χ2n) is 8.06. The van der Waals surface area contributed by atoms with Gasteiger partial charge in [0.05, 0.1) is 16.9 Å². The average Bonchev–Trinajstić information content (AvgIpc) is 2.95. The van der Waals surface area contributed by atoms with Crippen LogP contribution in [0.25, 0.3) is 10.7 Å². The molecule has 1 amide bonds. The van der Waals surface area contributed by atoms with Crippen molar-refractivity contribution in [3.63, 3.8) is 0 Å². The highest BCUT2D eigenvalue weighted by Gasteiger charge is 2.47. The SMILES string of the molecule is Cc1nc(-c2ccccn2)sc1C(=O)N1CCCC[C@@H]2N(C)CCC[C@@]21C. The lowest BCUT2D eigenvalue weighted by Crippen LogP contribution is -2.63. The molecule has 144 valence electrons. The van der Waals surface area contributed by atoms with Crippen LogP contribution in [0.1, 0.15) is 54.4 Å². The summed E-state index contributed by atoms with van der Waals surface area (Å²) in [4.78, 5) is 28.1. The molecular weight excluding hydrogens is 356 g/mol. The third-order valence-electron chi connectivity index (χ3n) is 6.29. The first-order valence-corrected chi connectivity index (χ1v) is 10.7. The first kappa shape index (κ1) is 18.6. The zero-order valence-corrected chi connectivity index (χ0v) is 17.3. The Morgan fingerprint density at radius 3 is 2.89 bits per heavy atom. The number of thiazole rings is 1. The number of pyridine rings is 1. The summed E-state index contributed by atoms with van der Waals surface area (Å²) < 4.78 is 0. The molecule has 0 radical (unpaired) electrons. The van der Waals surface area contributed by atoms with Crippen molar-refractivity contribution in [3.05, 3.63) is 35.0 Å². The van der Waals surface area contributed by atoms with E-state index in [-0.39, 0.29) is 11.4 Å². The summed E-state index contributed by atoms with van der Waals surface area (Å²) >= 11 is 1.48. The fourth-order valence-electron chi connectivity index (χ4n) is 4.84. The molecule has 0 aromatic carbocycles. The number of hydrogen-bond donors (Lipinski definition) is 0. The Bertz CT molecular complexity index is 821. The van der Waals surface area contributed by atoms with Crippen LogP contribution < -0.4 is 0 Å². The maximum absolute atomic E-state index is 13.6. The maximum atomic E-state index is 13.6. The largest absolute Gasteiger partial charge is 0.331 e. The molecule has 2 aromatic rings. The molecule has 4 heterocycles. The molecular formula is C21H28N4OS. The normalized spacial score (nSPS) is 26.5. The number of likely N-dealkylation sites (tertiary alicyclic amines) is 2. The minimum absolute atomic E-state index is 0.0951. The van der Waals surface area contributed by atoms with Gasteiger partial charge in [-0.2, -0.15) is 0 Å². The van der Waals surface area contributed by atoms with Crippen molar-refractivity contribution in [2.75, 3.05) is 20.1 Å². The number of nitrogens with zero attached hydrogens (tertiary/aromatic N) is 4. The summed E-state index contributed by atoms with van der Waals surface area (Å²) in [6, 6.07) is 6.25. The van der Waals surface area contributed by atoms with Gasteiger partial charge >= 0.3 is 0 Å². The fourth-order valence-corrected chi connectivity index (χ4v) is 5.83. The molecule has 4 rings (SSSR count). The van der Waals surface area contributed by atoms with Crippen LogP contribution in [-0.4, -0.2) is 57.4 Å². The van der Waals surface area contributed by atoms with Crippen LogP contribution in [0, 0.1) is 6.92 Å². The van der Waals surface area contributed by atoms with E-state index >= 15 is 0 Å². The van der Waals surface area contributed by atoms with Gasteiger partial charge in [0.15, 0.2) is 0 Å². The number of carbonyl (C=O) groups excluding carboxylic acids is 1. The quantitative estimate of drug-likeness (QED) is 0.785. The summed E-state index contributed by atoms with van der Waals surface area (Å²) in [6.45, 7) is 6.22. The van der Waals surface area contributed by atoms with Crippen molar-refractivity contribution in [1.29, 1.82) is 0 Å². The van der Waals surface area contributed by atoms with Crippen LogP contribution in [0.5, 0.6) is 0 Å². The number of carbonyl (C=O) groups is 1. The van der Waals surface area contributed by atoms with Crippen molar-refractivity contribution in [3.8, 4) is 10.7 Å². The Balaban J connectivity index is 1.68. The molecule has 0 N–H and O–H groups in total. The lowest BCUT2D eigenvalue weighted by molar-refractivity contribution is -0.00358. The number of aromatic nitrogens is 2. The van der Waals surface area contributed by atoms with Crippen molar-refractivity contribution in [2.45, 2.75) is 57.5 Å². The summed E-state index contributed by atoms with van der Waals surface area (Å²) in [7, 11) is 2.22. The van der Waals surface area contributed by atoms with Gasteiger partial charge in [0.25, 0.3) is 5.91 Å². The van der Waals surface area contributed by atoms with E-state index in [1.807, 2.05) is 25.1 Å². The molecule has 0 unspecified atom stereocenters. The van der Waals surface area contributed by atoms with Crippen molar-refractivity contribution in [1.82, 2.24) is 19.8 Å². The van der Waals surface area contributed by atoms with Crippen LogP contribution in [0.3, 0.4) is 0 Å². The summed E-state index contributed by atoms with van der Waals surface area (Å²) in [5.74, 6) is 0.150. The van der Waals surface area contributed by atoms with Gasteiger partial charge in [-0.05, 0) is 65.3 Å². The zero-order valence-electron chi connectivity index (χ0n) is 16.4. The number of aryl methyl sites for hydroxylation is 1. The third kappa shape index (κ3) is 3.29. The first-order chi connectivity index (χ1) is 13.0. The standard InChI is InChI=1S/C21H28N4OS/c1-15-18(27-19(23-15)16-9-4-6-12-22-16)20(26)25-14-7-5-10-17-21(25,2)11-8-13-24(17)3/h4,6,9,12,17H,5,7-8,10-11,13-14H2,1-3H3/t17-,21-/m0/s1. The van der Waals surface area contributed by atoms with Gasteiger partial charge in [0, 0.05) is 18.8 Å². The molecule has 2 aliphatic rings. The van der Waals surface area contributed by atoms with E-state index in [0.29, 0.717) is 6.04 Å². The fraction of sp³-hybridized carbons (Fsp3) is 0.571. The summed E-state index contributed by atoms with van der Waals surface area (Å²) in [5.41, 5.74) is 1.56. The number of rotatable bonds is 2. The van der Waals surface area contributed by atoms with Crippen LogP contribution in [0.2, 0.25) is 0 Å². The highest BCUT2D eigenvalue weighted by Crippen LogP contribution is 2.39. The molecule has 2 saturated heterocycles. The van der Waals surface area contributed by atoms with Crippen molar-refractivity contribution >= 4 is 17.2 Å². The minimum atomic E-state index is -0.0951. The van der Waals surface area contributed by atoms with Crippen molar-refractivity contribution in [2.24, 2.45) is 0 Å². The van der Waals surface area contributed by atoms with Gasteiger partial charge in [-0.15, -0.1) is 11.3 Å². The third-order valence-corrected chi connectivity index (χ3v) is 7.46. The van der Waals surface area contributed by atoms with Crippen LogP contribution in [0.4, 0.5) is 0 Å². The van der Waals surface area contributed by atoms with Crippen molar-refractivity contribution < 1.29 is 4.79 Å². The second-order valence-corrected chi connectivity index (χ2v) is 9.06. The number of amides is 1. The molecule has 2 aromatic heterocycles. The Kier molecular flexibility index (Phi) is 5.03. The molecule has 0 saturated carbocycles. The Morgan fingerprint density at radius 1 is 1.26 bits per heavy atom. The van der Waals surface area contributed by atoms with E-state index in [0.717, 1.165) is 53.6 Å². The molecule has 27 heavy (non-hydrogen) atoms. The van der Waals surface area contributed by atoms with E-state index in [9.17, 15) is 4.79 Å². The average molecular weight is 385 g/mol. The Morgan fingerprint density at radius 2 is 2.11 bits per heavy atom. The molecule has 0 spiro atoms. The topological polar surface area (TPSA) is 49.3 Å². The van der Waals surface area contributed by atoms with Gasteiger partial charge in [-0.3, -0.25) is 9.78 Å². The monoisotopic (exact) mass is 384 g/mol. The molecule has 2 fully saturated rings. The van der Waals surface area contributed by atoms with E-state index < -0.39 is 0 Å². The van der Waals surface area contributed by atoms with Gasteiger partial charge < -0.3 is 9.80 Å². The van der Waals surface area contributed by atoms with Gasteiger partial charge in [-0.25, -0.2) is 4.98 Å². The molecule has 0 aliphatic carbocycles. The number of hydrogen-bond acceptors (Lipinski definition) is 5. The minimum Gasteiger partial charge on any atom is -0.331 e. The lowest BCUT2D eigenvalue weighted by atomic mass is 9.80. The van der Waals surface area contributed by atoms with E-state index in [1.165, 1.54) is 24.2 Å². The van der Waals surface area contributed by atoms with Crippen LogP contribution >= 0.6 is 11.3 Å². The predicted molar refractivity (Wildman–Crippen MR) is 109 cm³/mol. The molecule has 2 aliphatic heterocycles. The van der Waals surface area contributed by atoms with E-state index in [4.69, 9.17) is 0 Å². The number of piperidine rings is 1. The highest BCUT2D eigenvalue weighted by atomic mass is 32.1. The smallest absolute Gasteiger partial charge is 0.266 e. The van der Waals surface area contributed by atoms with Gasteiger partial charge in [0.2, 0.25) is 0 Å². The lowest BCUT2D eigenvalue weighted by Gasteiger charge is -2.51. The highest BCUT2D eigenvalue weighted by molar-refractivity contribution is 7.17. The van der Waals surface area contributed by atoms with E-state index in [2.05, 4.69) is 33.7 Å². The molecule has 0 bridgehead atoms. The first-order valence-electron chi connectivity index (χ1n) is 9.92. The Labute approximate surface area is 165 Å². The van der Waals surface area contributed by atoms with Gasteiger partial charge in [0.1, 0.15) is 9.88 Å². The maximum Gasteiger partial charge on any atom is 0.266 e. The summed E-state index contributed by atoms with van der Waals surface area (Å²) in [5, 5.41) is 0.828. The molecule has 5 nitrogen and oxygen atoms in total. The summed E-state index contributed by atoms with van der Waals surface area (Å²) in [6.07, 6.45) is 7.45. The second kappa shape index (κ2) is 7.32.